The van der Waals surface area contributed by atoms with Crippen molar-refractivity contribution in [1.82, 2.24) is 24.5 Å². The van der Waals surface area contributed by atoms with Gasteiger partial charge in [-0.1, -0.05) is 0 Å². The van der Waals surface area contributed by atoms with Gasteiger partial charge in [-0.3, -0.25) is 0 Å². The molecule has 1 saturated carbocycles. The first-order valence-corrected chi connectivity index (χ1v) is 9.03. The van der Waals surface area contributed by atoms with Crippen LogP contribution in [0.2, 0.25) is 0 Å². The van der Waals surface area contributed by atoms with E-state index in [4.69, 9.17) is 5.73 Å². The van der Waals surface area contributed by atoms with Crippen LogP contribution in [0.1, 0.15) is 19.9 Å². The van der Waals surface area contributed by atoms with E-state index in [1.807, 2.05) is 18.5 Å². The summed E-state index contributed by atoms with van der Waals surface area (Å²) in [4.78, 5) is 20.1. The molecule has 0 spiro atoms. The number of imidazole rings is 1. The monoisotopic (exact) mass is 350 g/mol. The van der Waals surface area contributed by atoms with E-state index in [0.29, 0.717) is 23.9 Å². The lowest BCUT2D eigenvalue weighted by molar-refractivity contribution is 0.617. The Morgan fingerprint density at radius 3 is 2.73 bits per heavy atom. The summed E-state index contributed by atoms with van der Waals surface area (Å²) in [6.07, 6.45) is 5.42. The number of nitrogens with one attached hydrogen (secondary N) is 1. The summed E-state index contributed by atoms with van der Waals surface area (Å²) in [5.74, 6) is 3.45. The zero-order chi connectivity index (χ0) is 17.8. The van der Waals surface area contributed by atoms with Crippen LogP contribution < -0.4 is 16.0 Å². The molecule has 0 amide bonds. The lowest BCUT2D eigenvalue weighted by atomic mass is 10.3. The van der Waals surface area contributed by atoms with Crippen molar-refractivity contribution in [2.45, 2.75) is 25.9 Å². The molecule has 1 unspecified atom stereocenters. The van der Waals surface area contributed by atoms with E-state index in [1.165, 1.54) is 0 Å². The number of fused-ring (bicyclic) bond motifs is 2. The average Bonchev–Trinajstić information content (AvgIpc) is 3.03. The van der Waals surface area contributed by atoms with Crippen molar-refractivity contribution in [3.05, 3.63) is 30.9 Å². The van der Waals surface area contributed by atoms with Crippen molar-refractivity contribution in [3.8, 4) is 0 Å². The van der Waals surface area contributed by atoms with Crippen molar-refractivity contribution in [2.75, 3.05) is 23.3 Å². The molecule has 1 aliphatic carbocycles. The summed E-state index contributed by atoms with van der Waals surface area (Å²) >= 11 is 0. The quantitative estimate of drug-likeness (QED) is 0.742. The Kier molecular flexibility index (Phi) is 3.36. The lowest BCUT2D eigenvalue weighted by Crippen LogP contribution is -2.29. The molecule has 5 rings (SSSR count). The SMILES string of the molecule is CC(C)n1cnc2cnc(Nc3ccnc(N4C[C@@H]5C(N)[C@@H]5C4)n3)cc21. The zero-order valence-corrected chi connectivity index (χ0v) is 14.9. The highest BCUT2D eigenvalue weighted by atomic mass is 15.3. The Balaban J connectivity index is 1.38. The van der Waals surface area contributed by atoms with Gasteiger partial charge in [0.05, 0.1) is 18.0 Å². The average molecular weight is 350 g/mol. The van der Waals surface area contributed by atoms with Crippen molar-refractivity contribution in [2.24, 2.45) is 17.6 Å². The number of anilines is 3. The topological polar surface area (TPSA) is 97.8 Å². The molecule has 1 saturated heterocycles. The fourth-order valence-corrected chi connectivity index (χ4v) is 3.85. The number of aromatic nitrogens is 5. The minimum absolute atomic E-state index is 0.342. The third-order valence-corrected chi connectivity index (χ3v) is 5.46. The van der Waals surface area contributed by atoms with Gasteiger partial charge in [-0.25, -0.2) is 15.0 Å². The first kappa shape index (κ1) is 15.5. The third-order valence-electron chi connectivity index (χ3n) is 5.46. The molecule has 8 nitrogen and oxygen atoms in total. The Morgan fingerprint density at radius 1 is 1.15 bits per heavy atom. The van der Waals surface area contributed by atoms with Gasteiger partial charge < -0.3 is 20.5 Å². The second kappa shape index (κ2) is 5.63. The second-order valence-electron chi connectivity index (χ2n) is 7.48. The number of hydrogen-bond acceptors (Lipinski definition) is 7. The fraction of sp³-hybridized carbons (Fsp3) is 0.444. The molecular weight excluding hydrogens is 328 g/mol. The second-order valence-corrected chi connectivity index (χ2v) is 7.48. The van der Waals surface area contributed by atoms with E-state index < -0.39 is 0 Å². The maximum atomic E-state index is 6.02. The smallest absolute Gasteiger partial charge is 0.227 e. The van der Waals surface area contributed by atoms with Gasteiger partial charge in [-0.05, 0) is 31.7 Å². The Morgan fingerprint density at radius 2 is 1.96 bits per heavy atom. The van der Waals surface area contributed by atoms with Crippen molar-refractivity contribution in [1.29, 1.82) is 0 Å². The van der Waals surface area contributed by atoms with E-state index in [9.17, 15) is 0 Å². The highest BCUT2D eigenvalue weighted by Gasteiger charge is 2.54. The van der Waals surface area contributed by atoms with Gasteiger partial charge in [-0.15, -0.1) is 0 Å². The Labute approximate surface area is 151 Å². The molecule has 3 aromatic heterocycles. The number of pyridine rings is 1. The summed E-state index contributed by atoms with van der Waals surface area (Å²) in [6.45, 7) is 6.18. The number of piperidine rings is 1. The molecule has 3 N–H and O–H groups in total. The summed E-state index contributed by atoms with van der Waals surface area (Å²) in [6, 6.07) is 4.58. The van der Waals surface area contributed by atoms with E-state index in [2.05, 4.69) is 48.6 Å². The summed E-state index contributed by atoms with van der Waals surface area (Å²) in [7, 11) is 0. The molecule has 0 bridgehead atoms. The highest BCUT2D eigenvalue weighted by molar-refractivity contribution is 5.78. The molecule has 1 aliphatic heterocycles. The van der Waals surface area contributed by atoms with Gasteiger partial charge in [0.1, 0.15) is 17.2 Å². The first-order valence-electron chi connectivity index (χ1n) is 9.03. The largest absolute Gasteiger partial charge is 0.340 e. The molecule has 2 aliphatic rings. The van der Waals surface area contributed by atoms with Gasteiger partial charge in [0.25, 0.3) is 0 Å². The normalized spacial score (nSPS) is 24.3. The van der Waals surface area contributed by atoms with Crippen molar-refractivity contribution >= 4 is 28.6 Å². The van der Waals surface area contributed by atoms with Crippen LogP contribution in [-0.4, -0.2) is 43.6 Å². The summed E-state index contributed by atoms with van der Waals surface area (Å²) in [5, 5.41) is 3.29. The lowest BCUT2D eigenvalue weighted by Gasteiger charge is -2.19. The predicted octanol–water partition coefficient (Wildman–Crippen LogP) is 1.94. The Hall–Kier alpha value is -2.74. The molecule has 3 aromatic rings. The van der Waals surface area contributed by atoms with E-state index in [-0.39, 0.29) is 0 Å². The molecular formula is C18H22N8. The van der Waals surface area contributed by atoms with Crippen LogP contribution in [0.25, 0.3) is 11.0 Å². The van der Waals surface area contributed by atoms with Crippen molar-refractivity contribution < 1.29 is 0 Å². The van der Waals surface area contributed by atoms with E-state index >= 15 is 0 Å². The van der Waals surface area contributed by atoms with E-state index in [1.54, 1.807) is 12.4 Å². The molecule has 134 valence electrons. The van der Waals surface area contributed by atoms with Crippen LogP contribution in [0.5, 0.6) is 0 Å². The standard InChI is InChI=1S/C18H22N8/c1-10(2)26-9-22-13-6-21-16(5-14(13)26)23-15-3-4-20-18(24-15)25-7-11-12(8-25)17(11)19/h3-6,9-12,17H,7-8,19H2,1-2H3,(H,20,21,23,24)/t11-,12+,17?. The highest BCUT2D eigenvalue weighted by Crippen LogP contribution is 2.44. The minimum atomic E-state index is 0.342. The maximum Gasteiger partial charge on any atom is 0.227 e. The molecule has 2 fully saturated rings. The van der Waals surface area contributed by atoms with Crippen molar-refractivity contribution in [3.63, 3.8) is 0 Å². The molecule has 4 heterocycles. The van der Waals surface area contributed by atoms with Crippen LogP contribution in [0, 0.1) is 11.8 Å². The van der Waals surface area contributed by atoms with Gasteiger partial charge >= 0.3 is 0 Å². The zero-order valence-electron chi connectivity index (χ0n) is 14.9. The molecule has 0 radical (unpaired) electrons. The third kappa shape index (κ3) is 2.48. The number of nitrogens with zero attached hydrogens (tertiary/aromatic N) is 6. The van der Waals surface area contributed by atoms with Crippen LogP contribution >= 0.6 is 0 Å². The maximum absolute atomic E-state index is 6.02. The van der Waals surface area contributed by atoms with Gasteiger partial charge in [-0.2, -0.15) is 4.98 Å². The van der Waals surface area contributed by atoms with Gasteiger partial charge in [0.2, 0.25) is 5.95 Å². The van der Waals surface area contributed by atoms with Crippen LogP contribution in [0.3, 0.4) is 0 Å². The molecule has 26 heavy (non-hydrogen) atoms. The van der Waals surface area contributed by atoms with E-state index in [0.717, 1.165) is 41.7 Å². The molecule has 0 aromatic carbocycles. The molecule has 8 heteroatoms. The van der Waals surface area contributed by atoms with Crippen LogP contribution in [0.4, 0.5) is 17.6 Å². The first-order chi connectivity index (χ1) is 12.6. The minimum Gasteiger partial charge on any atom is -0.340 e. The van der Waals surface area contributed by atoms with Crippen LogP contribution in [0.15, 0.2) is 30.9 Å². The number of hydrogen-bond donors (Lipinski definition) is 2. The number of rotatable bonds is 4. The van der Waals surface area contributed by atoms with Crippen LogP contribution in [-0.2, 0) is 0 Å². The van der Waals surface area contributed by atoms with Gasteiger partial charge in [0, 0.05) is 37.4 Å². The fourth-order valence-electron chi connectivity index (χ4n) is 3.85. The Bertz CT molecular complexity index is 953. The molecule has 3 atom stereocenters. The van der Waals surface area contributed by atoms with Gasteiger partial charge in [0.15, 0.2) is 0 Å². The predicted molar refractivity (Wildman–Crippen MR) is 100 cm³/mol. The number of nitrogens with two attached hydrogens (primary N) is 1. The summed E-state index contributed by atoms with van der Waals surface area (Å²) < 4.78 is 2.13. The summed E-state index contributed by atoms with van der Waals surface area (Å²) in [5.41, 5.74) is 7.96.